The molecule has 0 radical (unpaired) electrons. The van der Waals surface area contributed by atoms with Gasteiger partial charge >= 0.3 is 11.9 Å². The van der Waals surface area contributed by atoms with Crippen molar-refractivity contribution in [3.63, 3.8) is 0 Å². The number of carbonyl (C=O) groups is 3. The molecule has 2 atom stereocenters. The first-order chi connectivity index (χ1) is 31.1. The first-order valence-corrected chi connectivity index (χ1v) is 26.3. The highest BCUT2D eigenvalue weighted by Gasteiger charge is 2.25. The lowest BCUT2D eigenvalue weighted by Crippen LogP contribution is -2.55. The standard InChI is InChI=1S/C56H99NO7/c1-6-8-10-12-14-16-18-20-22-24-26-27-28-29-31-33-35-37-39-41-43-45-47-55(59)64-52(50-62-49-48-53(56(60)61)57(3,4)5)51-63-54(58)46-44-42-40-38-36-34-32-30-25-23-21-19-17-15-13-11-9-7-2/h8,10,14,16,20,22,26-27,30,32,52-53H,6-7,9,11-13,15,17-19,21,23-25,28-29,31,33-51H2,1-5H3/b10-8+,16-14+,22-20+,27-26+,32-30+. The van der Waals surface area contributed by atoms with Gasteiger partial charge in [-0.25, -0.2) is 0 Å². The number of hydrogen-bond acceptors (Lipinski definition) is 7. The van der Waals surface area contributed by atoms with Gasteiger partial charge < -0.3 is 28.6 Å². The van der Waals surface area contributed by atoms with Crippen LogP contribution in [0, 0.1) is 0 Å². The Bertz CT molecular complexity index is 1230. The van der Waals surface area contributed by atoms with E-state index in [1.807, 2.05) is 0 Å². The van der Waals surface area contributed by atoms with Crippen LogP contribution in [-0.4, -0.2) is 75.5 Å². The lowest BCUT2D eigenvalue weighted by Gasteiger charge is -2.34. The molecular weight excluding hydrogens is 799 g/mol. The predicted molar refractivity (Wildman–Crippen MR) is 268 cm³/mol. The molecule has 0 aliphatic carbocycles. The second-order valence-electron chi connectivity index (χ2n) is 18.7. The van der Waals surface area contributed by atoms with Crippen LogP contribution in [0.15, 0.2) is 60.8 Å². The Morgan fingerprint density at radius 3 is 1.31 bits per heavy atom. The van der Waals surface area contributed by atoms with Crippen molar-refractivity contribution >= 4 is 17.9 Å². The molecule has 0 aromatic heterocycles. The zero-order chi connectivity index (χ0) is 47.0. The number of ether oxygens (including phenoxy) is 3. The summed E-state index contributed by atoms with van der Waals surface area (Å²) in [4.78, 5) is 37.1. The van der Waals surface area contributed by atoms with Gasteiger partial charge in [0.2, 0.25) is 0 Å². The lowest BCUT2D eigenvalue weighted by atomic mass is 10.1. The van der Waals surface area contributed by atoms with E-state index in [1.165, 1.54) is 109 Å². The fourth-order valence-electron chi connectivity index (χ4n) is 7.59. The van der Waals surface area contributed by atoms with Crippen LogP contribution in [0.1, 0.15) is 226 Å². The third-order valence-electron chi connectivity index (χ3n) is 11.6. The van der Waals surface area contributed by atoms with Gasteiger partial charge in [-0.05, 0) is 77.0 Å². The molecule has 0 aliphatic heterocycles. The topological polar surface area (TPSA) is 102 Å². The lowest BCUT2D eigenvalue weighted by molar-refractivity contribution is -0.889. The Balaban J connectivity index is 4.25. The van der Waals surface area contributed by atoms with Gasteiger partial charge in [-0.1, -0.05) is 190 Å². The molecule has 0 amide bonds. The van der Waals surface area contributed by atoms with Gasteiger partial charge in [-0.2, -0.15) is 0 Å². The summed E-state index contributed by atoms with van der Waals surface area (Å²) in [6, 6.07) is -0.730. The quantitative estimate of drug-likeness (QED) is 0.0259. The molecule has 370 valence electrons. The number of allylic oxidation sites excluding steroid dienone is 10. The molecule has 0 heterocycles. The van der Waals surface area contributed by atoms with E-state index in [9.17, 15) is 19.5 Å². The average Bonchev–Trinajstić information content (AvgIpc) is 3.26. The van der Waals surface area contributed by atoms with Crippen molar-refractivity contribution in [2.45, 2.75) is 238 Å². The van der Waals surface area contributed by atoms with Crippen molar-refractivity contribution in [1.82, 2.24) is 0 Å². The average molecular weight is 898 g/mol. The predicted octanol–water partition coefficient (Wildman–Crippen LogP) is 14.0. The minimum absolute atomic E-state index is 0.0347. The van der Waals surface area contributed by atoms with E-state index in [0.29, 0.717) is 12.8 Å². The van der Waals surface area contributed by atoms with E-state index in [1.54, 1.807) is 21.1 Å². The van der Waals surface area contributed by atoms with Crippen LogP contribution in [-0.2, 0) is 28.6 Å². The first kappa shape index (κ1) is 61.0. The van der Waals surface area contributed by atoms with Crippen LogP contribution in [0.4, 0.5) is 0 Å². The molecule has 0 aliphatic rings. The highest BCUT2D eigenvalue weighted by atomic mass is 16.6. The van der Waals surface area contributed by atoms with Crippen molar-refractivity contribution in [3.05, 3.63) is 60.8 Å². The number of likely N-dealkylation sites (N-methyl/N-ethyl adjacent to an activating group) is 1. The fourth-order valence-corrected chi connectivity index (χ4v) is 7.59. The minimum Gasteiger partial charge on any atom is -0.544 e. The van der Waals surface area contributed by atoms with Crippen molar-refractivity contribution < 1.29 is 38.2 Å². The van der Waals surface area contributed by atoms with Crippen LogP contribution in [0.5, 0.6) is 0 Å². The Labute approximate surface area is 394 Å². The summed E-state index contributed by atoms with van der Waals surface area (Å²) >= 11 is 0. The van der Waals surface area contributed by atoms with Gasteiger partial charge in [0.25, 0.3) is 0 Å². The first-order valence-electron chi connectivity index (χ1n) is 26.3. The van der Waals surface area contributed by atoms with Gasteiger partial charge in [0, 0.05) is 19.3 Å². The number of carbonyl (C=O) groups excluding carboxylic acids is 3. The molecule has 0 bridgehead atoms. The van der Waals surface area contributed by atoms with Gasteiger partial charge in [0.05, 0.1) is 40.3 Å². The molecule has 0 saturated heterocycles. The van der Waals surface area contributed by atoms with Gasteiger partial charge in [-0.3, -0.25) is 9.59 Å². The second kappa shape index (κ2) is 46.6. The molecular formula is C56H99NO7. The maximum atomic E-state index is 12.8. The molecule has 8 nitrogen and oxygen atoms in total. The molecule has 2 unspecified atom stereocenters. The third kappa shape index (κ3) is 44.2. The van der Waals surface area contributed by atoms with E-state index in [4.69, 9.17) is 14.2 Å². The number of hydrogen-bond donors (Lipinski definition) is 0. The van der Waals surface area contributed by atoms with Crippen molar-refractivity contribution in [1.29, 1.82) is 0 Å². The summed E-state index contributed by atoms with van der Waals surface area (Å²) in [5, 5.41) is 11.7. The van der Waals surface area contributed by atoms with Crippen molar-refractivity contribution in [3.8, 4) is 0 Å². The number of esters is 2. The number of carboxylic acid groups (broad SMARTS) is 1. The highest BCUT2D eigenvalue weighted by molar-refractivity contribution is 5.70. The van der Waals surface area contributed by atoms with Gasteiger partial charge in [0.15, 0.2) is 6.10 Å². The molecule has 0 saturated carbocycles. The van der Waals surface area contributed by atoms with Crippen molar-refractivity contribution in [2.75, 3.05) is 41.0 Å². The highest BCUT2D eigenvalue weighted by Crippen LogP contribution is 2.15. The molecule has 0 fully saturated rings. The molecule has 0 N–H and O–H groups in total. The molecule has 0 spiro atoms. The number of quaternary nitrogens is 1. The summed E-state index contributed by atoms with van der Waals surface area (Å²) in [5.74, 6) is -1.75. The minimum atomic E-state index is -1.13. The number of rotatable bonds is 47. The molecule has 8 heteroatoms. The normalized spacial score (nSPS) is 13.3. The van der Waals surface area contributed by atoms with Crippen LogP contribution >= 0.6 is 0 Å². The van der Waals surface area contributed by atoms with Crippen LogP contribution in [0.3, 0.4) is 0 Å². The van der Waals surface area contributed by atoms with Gasteiger partial charge in [0.1, 0.15) is 12.6 Å². The number of nitrogens with zero attached hydrogens (tertiary/aromatic N) is 1. The summed E-state index contributed by atoms with van der Waals surface area (Å²) in [6.07, 6.45) is 58.2. The van der Waals surface area contributed by atoms with E-state index in [0.717, 1.165) is 83.5 Å². The van der Waals surface area contributed by atoms with E-state index in [2.05, 4.69) is 74.6 Å². The Morgan fingerprint density at radius 2 is 0.875 bits per heavy atom. The zero-order valence-electron chi connectivity index (χ0n) is 42.2. The third-order valence-corrected chi connectivity index (χ3v) is 11.6. The van der Waals surface area contributed by atoms with Crippen LogP contribution in [0.25, 0.3) is 0 Å². The Kier molecular flexibility index (Phi) is 44.4. The largest absolute Gasteiger partial charge is 0.544 e. The number of aliphatic carboxylic acids is 1. The fraction of sp³-hybridized carbons (Fsp3) is 0.768. The van der Waals surface area contributed by atoms with E-state index >= 15 is 0 Å². The Hall–Kier alpha value is -2.97. The molecule has 64 heavy (non-hydrogen) atoms. The summed E-state index contributed by atoms with van der Waals surface area (Å²) < 4.78 is 17.2. The van der Waals surface area contributed by atoms with Crippen molar-refractivity contribution in [2.24, 2.45) is 0 Å². The Morgan fingerprint density at radius 1 is 0.484 bits per heavy atom. The number of carboxylic acids is 1. The second-order valence-corrected chi connectivity index (χ2v) is 18.7. The summed E-state index contributed by atoms with van der Waals surface area (Å²) in [6.45, 7) is 4.56. The monoisotopic (exact) mass is 898 g/mol. The summed E-state index contributed by atoms with van der Waals surface area (Å²) in [7, 11) is 5.41. The molecule has 0 aromatic rings. The maximum absolute atomic E-state index is 12.8. The molecule has 0 aromatic carbocycles. The van der Waals surface area contributed by atoms with Crippen LogP contribution < -0.4 is 5.11 Å². The SMILES string of the molecule is CC/C=C/C/C=C/C/C=C/C/C=C/CCCCCCCCCCCC(=O)OC(COCCC(C(=O)[O-])[N+](C)(C)C)COC(=O)CCCCCCC/C=C/CCCCCCCCCCC. The van der Waals surface area contributed by atoms with E-state index in [-0.39, 0.29) is 42.7 Å². The summed E-state index contributed by atoms with van der Waals surface area (Å²) in [5.41, 5.74) is 0. The number of unbranched alkanes of at least 4 members (excludes halogenated alkanes) is 23. The zero-order valence-corrected chi connectivity index (χ0v) is 42.2. The molecule has 0 rings (SSSR count). The van der Waals surface area contributed by atoms with Gasteiger partial charge in [-0.15, -0.1) is 0 Å². The van der Waals surface area contributed by atoms with Crippen LogP contribution in [0.2, 0.25) is 0 Å². The maximum Gasteiger partial charge on any atom is 0.306 e. The van der Waals surface area contributed by atoms with E-state index < -0.39 is 18.1 Å². The smallest absolute Gasteiger partial charge is 0.306 e.